The third kappa shape index (κ3) is 7.57. The predicted octanol–water partition coefficient (Wildman–Crippen LogP) is 5.62. The number of ether oxygens (including phenoxy) is 3. The van der Waals surface area contributed by atoms with Gasteiger partial charge in [0.1, 0.15) is 17.1 Å². The first-order chi connectivity index (χ1) is 26.6. The molecule has 0 bridgehead atoms. The number of rotatable bonds is 11. The molecule has 302 valence electrons. The average Bonchev–Trinajstić information content (AvgIpc) is 3.58. The molecule has 2 saturated heterocycles. The fourth-order valence-corrected chi connectivity index (χ4v) is 9.69. The van der Waals surface area contributed by atoms with Crippen molar-refractivity contribution in [2.24, 2.45) is 5.41 Å². The number of alkyl halides is 2. The number of piperidine rings is 1. The van der Waals surface area contributed by atoms with Gasteiger partial charge in [0.2, 0.25) is 27.6 Å². The molecule has 1 atom stereocenters. The number of aliphatic carboxylic acids is 1. The van der Waals surface area contributed by atoms with Crippen molar-refractivity contribution in [2.75, 3.05) is 46.0 Å². The summed E-state index contributed by atoms with van der Waals surface area (Å²) in [5.74, 6) is -2.18. The molecule has 4 aromatic heterocycles. The number of nitrogens with zero attached hydrogens (tertiary/aromatic N) is 7. The van der Waals surface area contributed by atoms with E-state index >= 15 is 0 Å². The molecule has 1 unspecified atom stereocenters. The molecule has 4 aromatic rings. The minimum absolute atomic E-state index is 0.00210. The molecule has 14 nitrogen and oxygen atoms in total. The molecule has 3 aliphatic rings. The van der Waals surface area contributed by atoms with Crippen LogP contribution in [0.4, 0.5) is 8.78 Å². The summed E-state index contributed by atoms with van der Waals surface area (Å²) in [4.78, 5) is 24.5. The number of hydrogen-bond donors (Lipinski definition) is 1. The molecule has 0 aliphatic carbocycles. The first-order valence-corrected chi connectivity index (χ1v) is 20.5. The fourth-order valence-electron chi connectivity index (χ4n) is 8.06. The lowest BCUT2D eigenvalue weighted by Gasteiger charge is -2.38. The minimum atomic E-state index is -4.20. The molecule has 0 radical (unpaired) electrons. The van der Waals surface area contributed by atoms with Gasteiger partial charge in [-0.1, -0.05) is 6.42 Å². The Balaban J connectivity index is 1.26. The Hall–Kier alpha value is -4.32. The summed E-state index contributed by atoms with van der Waals surface area (Å²) in [5, 5.41) is 18.2. The van der Waals surface area contributed by atoms with Crippen LogP contribution >= 0.6 is 0 Å². The van der Waals surface area contributed by atoms with Crippen molar-refractivity contribution >= 4 is 21.6 Å². The van der Waals surface area contributed by atoms with Crippen LogP contribution < -0.4 is 9.47 Å². The van der Waals surface area contributed by atoms with E-state index in [0.29, 0.717) is 72.1 Å². The SMILES string of the molecule is Cc1cnc(C(c2ccn3c(C(F)F)nnc3c2C)C(C)(C)C(=O)O)cc1CN1CC2(CCOCC2)Oc2nc(OCCN3CCCCC3)c(C)cc2S1(=O)=O. The number of aryl methyl sites for hydroxylation is 3. The highest BCUT2D eigenvalue weighted by Gasteiger charge is 2.47. The quantitative estimate of drug-likeness (QED) is 0.200. The third-order valence-corrected chi connectivity index (χ3v) is 13.3. The second-order valence-electron chi connectivity index (χ2n) is 15.8. The molecule has 7 heterocycles. The van der Waals surface area contributed by atoms with E-state index in [0.717, 1.165) is 32.5 Å². The Morgan fingerprint density at radius 2 is 1.80 bits per heavy atom. The van der Waals surface area contributed by atoms with Crippen molar-refractivity contribution in [3.63, 3.8) is 0 Å². The van der Waals surface area contributed by atoms with Gasteiger partial charge in [-0.05, 0) is 101 Å². The van der Waals surface area contributed by atoms with Crippen LogP contribution in [-0.4, -0.2) is 105 Å². The van der Waals surface area contributed by atoms with E-state index in [2.05, 4.69) is 20.1 Å². The number of carboxylic acid groups (broad SMARTS) is 1. The fraction of sp³-hybridized carbons (Fsp3) is 0.564. The van der Waals surface area contributed by atoms with Crippen LogP contribution in [0, 0.1) is 26.2 Å². The largest absolute Gasteiger partial charge is 0.481 e. The zero-order valence-electron chi connectivity index (χ0n) is 32.4. The molecule has 2 fully saturated rings. The number of carbonyl (C=O) groups is 1. The van der Waals surface area contributed by atoms with E-state index in [1.54, 1.807) is 52.1 Å². The van der Waals surface area contributed by atoms with Gasteiger partial charge >= 0.3 is 5.97 Å². The number of likely N-dealkylation sites (tertiary alicyclic amines) is 1. The number of pyridine rings is 3. The van der Waals surface area contributed by atoms with Gasteiger partial charge < -0.3 is 19.3 Å². The van der Waals surface area contributed by atoms with Crippen molar-refractivity contribution in [3.05, 3.63) is 69.9 Å². The number of aromatic nitrogens is 5. The first kappa shape index (κ1) is 39.9. The van der Waals surface area contributed by atoms with Crippen LogP contribution in [0.15, 0.2) is 35.5 Å². The number of halogens is 2. The number of fused-ring (bicyclic) bond motifs is 2. The summed E-state index contributed by atoms with van der Waals surface area (Å²) in [6.07, 6.45) is 4.59. The molecule has 0 aromatic carbocycles. The molecule has 1 spiro atoms. The van der Waals surface area contributed by atoms with Gasteiger partial charge in [-0.25, -0.2) is 17.2 Å². The van der Waals surface area contributed by atoms with Gasteiger partial charge in [0.25, 0.3) is 6.43 Å². The Morgan fingerprint density at radius 3 is 2.50 bits per heavy atom. The summed E-state index contributed by atoms with van der Waals surface area (Å²) in [6, 6.07) is 4.90. The molecular formula is C39H49F2N7O7S. The van der Waals surface area contributed by atoms with Crippen LogP contribution in [0.1, 0.15) is 97.6 Å². The normalized spacial score (nSPS) is 19.4. The van der Waals surface area contributed by atoms with Crippen molar-refractivity contribution in [1.29, 1.82) is 0 Å². The molecular weight excluding hydrogens is 749 g/mol. The topological polar surface area (TPSA) is 162 Å². The highest BCUT2D eigenvalue weighted by molar-refractivity contribution is 7.89. The van der Waals surface area contributed by atoms with Gasteiger partial charge in [0, 0.05) is 55.5 Å². The van der Waals surface area contributed by atoms with Crippen LogP contribution in [0.25, 0.3) is 5.65 Å². The third-order valence-electron chi connectivity index (χ3n) is 11.5. The Bertz CT molecular complexity index is 2220. The van der Waals surface area contributed by atoms with E-state index in [-0.39, 0.29) is 29.5 Å². The smallest absolute Gasteiger partial charge is 0.310 e. The van der Waals surface area contributed by atoms with E-state index in [1.807, 2.05) is 6.92 Å². The van der Waals surface area contributed by atoms with Gasteiger partial charge in [-0.3, -0.25) is 19.1 Å². The standard InChI is InChI=1S/C39H49F2N7O7S/c1-24-19-30-36(43-35(24)54-18-15-46-12-7-6-8-13-46)55-39(10-16-53-17-11-39)23-47(56(30,51)52)22-27-20-29(42-21-25(27)2)31(38(4,5)37(49)50)28-9-14-48-33(26(28)3)44-45-34(48)32(40)41/h9,14,19-21,31-32H,6-8,10-13,15-18,22-23H2,1-5H3,(H,49,50). The second-order valence-corrected chi connectivity index (χ2v) is 17.7. The molecule has 0 saturated carbocycles. The van der Waals surface area contributed by atoms with Crippen LogP contribution in [0.5, 0.6) is 11.8 Å². The molecule has 7 rings (SSSR count). The number of sulfonamides is 1. The van der Waals surface area contributed by atoms with Crippen LogP contribution in [0.2, 0.25) is 0 Å². The molecule has 56 heavy (non-hydrogen) atoms. The second kappa shape index (κ2) is 15.6. The predicted molar refractivity (Wildman–Crippen MR) is 201 cm³/mol. The average molecular weight is 798 g/mol. The zero-order chi connectivity index (χ0) is 40.0. The number of carboxylic acids is 1. The van der Waals surface area contributed by atoms with E-state index in [9.17, 15) is 27.1 Å². The van der Waals surface area contributed by atoms with Crippen molar-refractivity contribution in [2.45, 2.75) is 96.1 Å². The zero-order valence-corrected chi connectivity index (χ0v) is 33.2. The van der Waals surface area contributed by atoms with Crippen LogP contribution in [-0.2, 0) is 26.1 Å². The van der Waals surface area contributed by atoms with Gasteiger partial charge in [-0.15, -0.1) is 10.2 Å². The summed E-state index contributed by atoms with van der Waals surface area (Å²) in [5.41, 5.74) is 1.03. The lowest BCUT2D eigenvalue weighted by Crippen LogP contribution is -2.50. The monoisotopic (exact) mass is 797 g/mol. The molecule has 3 aliphatic heterocycles. The summed E-state index contributed by atoms with van der Waals surface area (Å²) in [6.45, 7) is 12.4. The maximum absolute atomic E-state index is 14.7. The van der Waals surface area contributed by atoms with E-state index in [4.69, 9.17) is 19.2 Å². The van der Waals surface area contributed by atoms with Crippen molar-refractivity contribution in [1.82, 2.24) is 33.8 Å². The van der Waals surface area contributed by atoms with Crippen molar-refractivity contribution < 1.29 is 41.3 Å². The number of hydrogen-bond acceptors (Lipinski definition) is 11. The molecule has 1 N–H and O–H groups in total. The summed E-state index contributed by atoms with van der Waals surface area (Å²) in [7, 11) is -4.20. The summed E-state index contributed by atoms with van der Waals surface area (Å²) >= 11 is 0. The van der Waals surface area contributed by atoms with Crippen molar-refractivity contribution in [3.8, 4) is 11.8 Å². The lowest BCUT2D eigenvalue weighted by atomic mass is 9.71. The van der Waals surface area contributed by atoms with Gasteiger partial charge in [0.15, 0.2) is 5.65 Å². The highest BCUT2D eigenvalue weighted by Crippen LogP contribution is 2.44. The first-order valence-electron chi connectivity index (χ1n) is 19.1. The van der Waals surface area contributed by atoms with Crippen LogP contribution in [0.3, 0.4) is 0 Å². The van der Waals surface area contributed by atoms with Gasteiger partial charge in [0.05, 0.1) is 25.2 Å². The van der Waals surface area contributed by atoms with E-state index < -0.39 is 45.2 Å². The Labute approximate surface area is 325 Å². The maximum atomic E-state index is 14.7. The maximum Gasteiger partial charge on any atom is 0.310 e. The highest BCUT2D eigenvalue weighted by atomic mass is 32.2. The summed E-state index contributed by atoms with van der Waals surface area (Å²) < 4.78 is 77.9. The van der Waals surface area contributed by atoms with Gasteiger partial charge in [-0.2, -0.15) is 9.29 Å². The minimum Gasteiger partial charge on any atom is -0.481 e. The van der Waals surface area contributed by atoms with E-state index in [1.165, 1.54) is 21.3 Å². The Kier molecular flexibility index (Phi) is 11.1. The Morgan fingerprint density at radius 1 is 1.07 bits per heavy atom. The lowest BCUT2D eigenvalue weighted by molar-refractivity contribution is -0.147. The molecule has 0 amide bonds. The molecule has 17 heteroatoms.